The van der Waals surface area contributed by atoms with Gasteiger partial charge in [-0.05, 0) is 50.0 Å². The van der Waals surface area contributed by atoms with Crippen molar-refractivity contribution in [1.82, 2.24) is 5.32 Å². The molecule has 0 bridgehead atoms. The fourth-order valence-electron chi connectivity index (χ4n) is 3.46. The molecule has 3 aliphatic carbocycles. The summed E-state index contributed by atoms with van der Waals surface area (Å²) >= 11 is 0. The van der Waals surface area contributed by atoms with E-state index in [4.69, 9.17) is 0 Å². The Hall–Kier alpha value is -0.0400. The van der Waals surface area contributed by atoms with Gasteiger partial charge in [-0.2, -0.15) is 0 Å². The van der Waals surface area contributed by atoms with Crippen LogP contribution in [0.15, 0.2) is 0 Å². The van der Waals surface area contributed by atoms with Crippen molar-refractivity contribution in [2.24, 2.45) is 17.8 Å². The first-order chi connectivity index (χ1) is 6.93. The summed E-state index contributed by atoms with van der Waals surface area (Å²) in [4.78, 5) is 0. The maximum Gasteiger partial charge on any atom is 0.00683 e. The predicted octanol–water partition coefficient (Wildman–Crippen LogP) is 2.95. The fourth-order valence-corrected chi connectivity index (χ4v) is 3.46. The van der Waals surface area contributed by atoms with Gasteiger partial charge in [0.1, 0.15) is 0 Å². The molecule has 3 aliphatic rings. The van der Waals surface area contributed by atoms with Crippen molar-refractivity contribution >= 4 is 0 Å². The van der Waals surface area contributed by atoms with E-state index >= 15 is 0 Å². The molecule has 0 radical (unpaired) electrons. The molecule has 1 nitrogen and oxygen atoms in total. The van der Waals surface area contributed by atoms with Gasteiger partial charge in [0.2, 0.25) is 0 Å². The largest absolute Gasteiger partial charge is 0.314 e. The van der Waals surface area contributed by atoms with Crippen molar-refractivity contribution in [3.05, 3.63) is 0 Å². The SMILES string of the molecule is C1CCC(C2CCC2CNC2CC2)C1. The third-order valence-corrected chi connectivity index (χ3v) is 4.73. The van der Waals surface area contributed by atoms with Crippen LogP contribution in [0.25, 0.3) is 0 Å². The van der Waals surface area contributed by atoms with Gasteiger partial charge in [0, 0.05) is 6.04 Å². The average molecular weight is 193 g/mol. The second-order valence-electron chi connectivity index (χ2n) is 5.73. The number of hydrogen-bond donors (Lipinski definition) is 1. The van der Waals surface area contributed by atoms with Gasteiger partial charge in [-0.15, -0.1) is 0 Å². The molecule has 1 heteroatoms. The Labute approximate surface area is 87.7 Å². The van der Waals surface area contributed by atoms with E-state index < -0.39 is 0 Å². The number of hydrogen-bond acceptors (Lipinski definition) is 1. The van der Waals surface area contributed by atoms with Crippen LogP contribution in [0.2, 0.25) is 0 Å². The molecule has 0 aromatic heterocycles. The van der Waals surface area contributed by atoms with Crippen LogP contribution in [0.5, 0.6) is 0 Å². The van der Waals surface area contributed by atoms with Gasteiger partial charge in [0.15, 0.2) is 0 Å². The van der Waals surface area contributed by atoms with E-state index in [1.54, 1.807) is 19.3 Å². The van der Waals surface area contributed by atoms with Crippen LogP contribution < -0.4 is 5.32 Å². The van der Waals surface area contributed by atoms with Crippen molar-refractivity contribution in [2.75, 3.05) is 6.54 Å². The zero-order chi connectivity index (χ0) is 9.38. The highest BCUT2D eigenvalue weighted by Crippen LogP contribution is 2.45. The molecule has 14 heavy (non-hydrogen) atoms. The highest BCUT2D eigenvalue weighted by atomic mass is 14.9. The third-order valence-electron chi connectivity index (χ3n) is 4.73. The van der Waals surface area contributed by atoms with Crippen LogP contribution in [-0.4, -0.2) is 12.6 Å². The van der Waals surface area contributed by atoms with Crippen LogP contribution in [0.4, 0.5) is 0 Å². The van der Waals surface area contributed by atoms with Crippen LogP contribution >= 0.6 is 0 Å². The maximum absolute atomic E-state index is 3.71. The molecule has 0 aromatic rings. The molecule has 0 aliphatic heterocycles. The lowest BCUT2D eigenvalue weighted by Crippen LogP contribution is -2.39. The summed E-state index contributed by atoms with van der Waals surface area (Å²) in [6.45, 7) is 1.34. The Balaban J connectivity index is 1.44. The normalized spacial score (nSPS) is 38.6. The van der Waals surface area contributed by atoms with Gasteiger partial charge in [-0.25, -0.2) is 0 Å². The van der Waals surface area contributed by atoms with Crippen molar-refractivity contribution < 1.29 is 0 Å². The average Bonchev–Trinajstić information content (AvgIpc) is 2.81. The van der Waals surface area contributed by atoms with E-state index in [0.29, 0.717) is 0 Å². The molecule has 2 atom stereocenters. The fraction of sp³-hybridized carbons (Fsp3) is 1.00. The zero-order valence-electron chi connectivity index (χ0n) is 9.17. The Morgan fingerprint density at radius 2 is 1.64 bits per heavy atom. The van der Waals surface area contributed by atoms with Crippen molar-refractivity contribution in [1.29, 1.82) is 0 Å². The second-order valence-corrected chi connectivity index (χ2v) is 5.73. The summed E-state index contributed by atoms with van der Waals surface area (Å²) < 4.78 is 0. The van der Waals surface area contributed by atoms with E-state index in [1.165, 1.54) is 38.6 Å². The predicted molar refractivity (Wildman–Crippen MR) is 59.2 cm³/mol. The quantitative estimate of drug-likeness (QED) is 0.724. The maximum atomic E-state index is 3.71. The molecule has 0 aromatic carbocycles. The molecule has 1 N–H and O–H groups in total. The van der Waals surface area contributed by atoms with Crippen LogP contribution in [0.1, 0.15) is 51.4 Å². The highest BCUT2D eigenvalue weighted by molar-refractivity contribution is 4.91. The molecule has 3 saturated carbocycles. The topological polar surface area (TPSA) is 12.0 Å². The zero-order valence-corrected chi connectivity index (χ0v) is 9.17. The Kier molecular flexibility index (Phi) is 2.53. The first-order valence-electron chi connectivity index (χ1n) is 6.67. The summed E-state index contributed by atoms with van der Waals surface area (Å²) in [6.07, 6.45) is 12.1. The van der Waals surface area contributed by atoms with Gasteiger partial charge in [0.05, 0.1) is 0 Å². The van der Waals surface area contributed by atoms with Crippen LogP contribution in [0, 0.1) is 17.8 Å². The minimum absolute atomic E-state index is 0.917. The van der Waals surface area contributed by atoms with Crippen molar-refractivity contribution in [3.8, 4) is 0 Å². The summed E-state index contributed by atoms with van der Waals surface area (Å²) in [7, 11) is 0. The first-order valence-corrected chi connectivity index (χ1v) is 6.67. The van der Waals surface area contributed by atoms with E-state index in [-0.39, 0.29) is 0 Å². The monoisotopic (exact) mass is 193 g/mol. The van der Waals surface area contributed by atoms with Crippen molar-refractivity contribution in [3.63, 3.8) is 0 Å². The van der Waals surface area contributed by atoms with E-state index in [1.807, 2.05) is 0 Å². The van der Waals surface area contributed by atoms with Gasteiger partial charge < -0.3 is 5.32 Å². The van der Waals surface area contributed by atoms with E-state index in [9.17, 15) is 0 Å². The Morgan fingerprint density at radius 3 is 2.21 bits per heavy atom. The summed E-state index contributed by atoms with van der Waals surface area (Å²) in [6, 6.07) is 0.917. The molecule has 2 unspecified atom stereocenters. The van der Waals surface area contributed by atoms with E-state index in [2.05, 4.69) is 5.32 Å². The minimum Gasteiger partial charge on any atom is -0.314 e. The second kappa shape index (κ2) is 3.84. The van der Waals surface area contributed by atoms with Gasteiger partial charge in [-0.1, -0.05) is 25.7 Å². The van der Waals surface area contributed by atoms with Crippen molar-refractivity contribution in [2.45, 2.75) is 57.4 Å². The third kappa shape index (κ3) is 1.84. The molecule has 0 amide bonds. The number of rotatable bonds is 4. The standard InChI is InChI=1S/C13H23N/c1-2-4-10(3-1)13-8-5-11(13)9-14-12-6-7-12/h10-14H,1-9H2. The molecule has 0 spiro atoms. The molecule has 3 rings (SSSR count). The first kappa shape index (κ1) is 9.21. The molecule has 80 valence electrons. The van der Waals surface area contributed by atoms with Gasteiger partial charge in [-0.3, -0.25) is 0 Å². The summed E-state index contributed by atoms with van der Waals surface area (Å²) in [5.41, 5.74) is 0. The smallest absolute Gasteiger partial charge is 0.00683 e. The lowest BCUT2D eigenvalue weighted by molar-refractivity contribution is 0.104. The Bertz CT molecular complexity index is 191. The Morgan fingerprint density at radius 1 is 0.857 bits per heavy atom. The molecular weight excluding hydrogens is 170 g/mol. The lowest BCUT2D eigenvalue weighted by atomic mass is 9.66. The van der Waals surface area contributed by atoms with E-state index in [0.717, 1.165) is 23.8 Å². The van der Waals surface area contributed by atoms with Gasteiger partial charge in [0.25, 0.3) is 0 Å². The highest BCUT2D eigenvalue weighted by Gasteiger charge is 2.38. The summed E-state index contributed by atoms with van der Waals surface area (Å²) in [5.74, 6) is 3.29. The summed E-state index contributed by atoms with van der Waals surface area (Å²) in [5, 5.41) is 3.71. The molecule has 3 fully saturated rings. The van der Waals surface area contributed by atoms with Crippen LogP contribution in [0.3, 0.4) is 0 Å². The molecule has 0 saturated heterocycles. The van der Waals surface area contributed by atoms with Gasteiger partial charge >= 0.3 is 0 Å². The van der Waals surface area contributed by atoms with Crippen LogP contribution in [-0.2, 0) is 0 Å². The minimum atomic E-state index is 0.917. The molecule has 0 heterocycles. The number of nitrogens with one attached hydrogen (secondary N) is 1. The molecular formula is C13H23N. The lowest BCUT2D eigenvalue weighted by Gasteiger charge is -2.41.